The Labute approximate surface area is 119 Å². The van der Waals surface area contributed by atoms with Crippen LogP contribution in [0.4, 0.5) is 5.69 Å². The van der Waals surface area contributed by atoms with Crippen LogP contribution in [0, 0.1) is 16.7 Å². The molecular formula is C16H19N3O. The smallest absolute Gasteiger partial charge is 0.227 e. The molecule has 1 aliphatic heterocycles. The predicted molar refractivity (Wildman–Crippen MR) is 77.2 cm³/mol. The number of aryl methyl sites for hydroxylation is 1. The number of hydrogen-bond acceptors (Lipinski definition) is 3. The van der Waals surface area contributed by atoms with Crippen LogP contribution in [0.1, 0.15) is 30.4 Å². The summed E-state index contributed by atoms with van der Waals surface area (Å²) in [6, 6.07) is 8.65. The molecule has 0 bridgehead atoms. The maximum Gasteiger partial charge on any atom is 0.227 e. The van der Waals surface area contributed by atoms with E-state index in [0.29, 0.717) is 13.0 Å². The zero-order chi connectivity index (χ0) is 14.2. The first-order chi connectivity index (χ1) is 9.67. The molecule has 2 aliphatic rings. The van der Waals surface area contributed by atoms with E-state index >= 15 is 0 Å². The van der Waals surface area contributed by atoms with Crippen LogP contribution >= 0.6 is 0 Å². The molecule has 104 valence electrons. The van der Waals surface area contributed by atoms with Crippen LogP contribution < -0.4 is 10.2 Å². The highest BCUT2D eigenvalue weighted by atomic mass is 16.2. The molecule has 4 nitrogen and oxygen atoms in total. The quantitative estimate of drug-likeness (QED) is 0.909. The molecule has 0 atom stereocenters. The second kappa shape index (κ2) is 4.92. The number of rotatable bonds is 4. The van der Waals surface area contributed by atoms with Gasteiger partial charge in [-0.05, 0) is 43.5 Å². The Morgan fingerprint density at radius 1 is 1.40 bits per heavy atom. The van der Waals surface area contributed by atoms with Crippen molar-refractivity contribution in [1.29, 1.82) is 5.26 Å². The lowest BCUT2D eigenvalue weighted by Gasteiger charge is -2.31. The van der Waals surface area contributed by atoms with Gasteiger partial charge in [0.2, 0.25) is 5.91 Å². The van der Waals surface area contributed by atoms with E-state index in [1.807, 2.05) is 18.0 Å². The number of nitriles is 1. The number of nitrogens with one attached hydrogen (secondary N) is 1. The van der Waals surface area contributed by atoms with Crippen molar-refractivity contribution in [2.24, 2.45) is 5.41 Å². The van der Waals surface area contributed by atoms with Gasteiger partial charge in [0.1, 0.15) is 0 Å². The molecule has 3 rings (SSSR count). The van der Waals surface area contributed by atoms with Gasteiger partial charge in [-0.25, -0.2) is 0 Å². The normalized spacial score (nSPS) is 19.4. The molecule has 0 aromatic heterocycles. The van der Waals surface area contributed by atoms with Crippen LogP contribution in [0.3, 0.4) is 0 Å². The minimum absolute atomic E-state index is 0.153. The van der Waals surface area contributed by atoms with Gasteiger partial charge in [-0.2, -0.15) is 5.26 Å². The number of hydrogen-bond donors (Lipinski definition) is 1. The Kier molecular flexibility index (Phi) is 3.23. The van der Waals surface area contributed by atoms with Crippen LogP contribution in [-0.4, -0.2) is 19.5 Å². The van der Waals surface area contributed by atoms with E-state index in [9.17, 15) is 10.1 Å². The average molecular weight is 269 g/mol. The lowest BCUT2D eigenvalue weighted by atomic mass is 9.97. The Bertz CT molecular complexity index is 584. The molecule has 1 aromatic carbocycles. The molecule has 0 radical (unpaired) electrons. The first-order valence-electron chi connectivity index (χ1n) is 7.15. The number of carbonyl (C=O) groups is 1. The maximum atomic E-state index is 12.2. The zero-order valence-corrected chi connectivity index (χ0v) is 11.8. The van der Waals surface area contributed by atoms with Gasteiger partial charge in [0.15, 0.2) is 0 Å². The minimum atomic E-state index is -0.284. The Morgan fingerprint density at radius 2 is 2.20 bits per heavy atom. The highest BCUT2D eigenvalue weighted by Crippen LogP contribution is 2.47. The summed E-state index contributed by atoms with van der Waals surface area (Å²) in [5.41, 5.74) is 3.18. The van der Waals surface area contributed by atoms with E-state index in [2.05, 4.69) is 23.5 Å². The van der Waals surface area contributed by atoms with E-state index in [-0.39, 0.29) is 11.3 Å². The van der Waals surface area contributed by atoms with Crippen molar-refractivity contribution in [3.05, 3.63) is 29.3 Å². The minimum Gasteiger partial charge on any atom is -0.316 e. The van der Waals surface area contributed by atoms with Gasteiger partial charge >= 0.3 is 0 Å². The Hall–Kier alpha value is -1.86. The summed E-state index contributed by atoms with van der Waals surface area (Å²) in [5, 5.41) is 12.4. The molecule has 20 heavy (non-hydrogen) atoms. The van der Waals surface area contributed by atoms with Gasteiger partial charge in [0.05, 0.1) is 11.5 Å². The molecule has 4 heteroatoms. The summed E-state index contributed by atoms with van der Waals surface area (Å²) in [4.78, 5) is 14.0. The van der Waals surface area contributed by atoms with Crippen LogP contribution in [0.15, 0.2) is 18.2 Å². The van der Waals surface area contributed by atoms with Crippen molar-refractivity contribution >= 4 is 11.6 Å². The van der Waals surface area contributed by atoms with Gasteiger partial charge < -0.3 is 10.2 Å². The van der Waals surface area contributed by atoms with E-state index in [4.69, 9.17) is 0 Å². The Balaban J connectivity index is 1.89. The van der Waals surface area contributed by atoms with Crippen molar-refractivity contribution in [1.82, 2.24) is 5.32 Å². The Morgan fingerprint density at radius 3 is 2.85 bits per heavy atom. The molecule has 1 N–H and O–H groups in total. The summed E-state index contributed by atoms with van der Waals surface area (Å²) in [5.74, 6) is 0.153. The lowest BCUT2D eigenvalue weighted by molar-refractivity contribution is -0.119. The molecule has 0 unspecified atom stereocenters. The molecule has 0 saturated heterocycles. The van der Waals surface area contributed by atoms with Crippen molar-refractivity contribution in [3.8, 4) is 6.07 Å². The fourth-order valence-electron chi connectivity index (χ4n) is 2.86. The number of fused-ring (bicyclic) bond motifs is 1. The fraction of sp³-hybridized carbons (Fsp3) is 0.500. The van der Waals surface area contributed by atoms with Crippen molar-refractivity contribution < 1.29 is 4.79 Å². The van der Waals surface area contributed by atoms with E-state index in [0.717, 1.165) is 31.5 Å². The van der Waals surface area contributed by atoms with E-state index in [1.165, 1.54) is 11.1 Å². The highest BCUT2D eigenvalue weighted by Gasteiger charge is 2.46. The SMILES string of the molecule is CNCc1ccc2c(c1)CCC(=O)N2CC1(C#N)CC1. The standard InChI is InChI=1S/C16H19N3O/c1-18-9-12-2-4-14-13(8-12)3-5-15(20)19(14)11-16(10-17)6-7-16/h2,4,8,18H,3,5-7,9,11H2,1H3. The van der Waals surface area contributed by atoms with Crippen LogP contribution in [0.5, 0.6) is 0 Å². The van der Waals surface area contributed by atoms with Gasteiger partial charge in [0.25, 0.3) is 0 Å². The summed E-state index contributed by atoms with van der Waals surface area (Å²) in [7, 11) is 1.93. The molecule has 1 saturated carbocycles. The number of amides is 1. The van der Waals surface area contributed by atoms with Crippen molar-refractivity contribution in [3.63, 3.8) is 0 Å². The maximum absolute atomic E-state index is 12.2. The largest absolute Gasteiger partial charge is 0.316 e. The van der Waals surface area contributed by atoms with Gasteiger partial charge in [0, 0.05) is 25.2 Å². The van der Waals surface area contributed by atoms with Crippen LogP contribution in [-0.2, 0) is 17.8 Å². The van der Waals surface area contributed by atoms with Gasteiger partial charge in [-0.1, -0.05) is 12.1 Å². The zero-order valence-electron chi connectivity index (χ0n) is 11.8. The monoisotopic (exact) mass is 269 g/mol. The lowest BCUT2D eigenvalue weighted by Crippen LogP contribution is -2.39. The molecule has 1 aromatic rings. The molecule has 1 fully saturated rings. The van der Waals surface area contributed by atoms with Crippen LogP contribution in [0.25, 0.3) is 0 Å². The van der Waals surface area contributed by atoms with E-state index < -0.39 is 0 Å². The topological polar surface area (TPSA) is 56.1 Å². The molecule has 0 spiro atoms. The average Bonchev–Trinajstić information content (AvgIpc) is 3.23. The van der Waals surface area contributed by atoms with Gasteiger partial charge in [-0.15, -0.1) is 0 Å². The summed E-state index contributed by atoms with van der Waals surface area (Å²) in [6.07, 6.45) is 3.19. The molecule has 1 heterocycles. The third-order valence-corrected chi connectivity index (χ3v) is 4.28. The third-order valence-electron chi connectivity index (χ3n) is 4.28. The molecular weight excluding hydrogens is 250 g/mol. The number of nitrogens with zero attached hydrogens (tertiary/aromatic N) is 2. The summed E-state index contributed by atoms with van der Waals surface area (Å²) < 4.78 is 0. The number of anilines is 1. The highest BCUT2D eigenvalue weighted by molar-refractivity contribution is 5.96. The van der Waals surface area contributed by atoms with E-state index in [1.54, 1.807) is 0 Å². The van der Waals surface area contributed by atoms with Gasteiger partial charge in [-0.3, -0.25) is 4.79 Å². The first-order valence-corrected chi connectivity index (χ1v) is 7.15. The number of benzene rings is 1. The first kappa shape index (κ1) is 13.1. The van der Waals surface area contributed by atoms with Crippen LogP contribution in [0.2, 0.25) is 0 Å². The number of carbonyl (C=O) groups excluding carboxylic acids is 1. The summed E-state index contributed by atoms with van der Waals surface area (Å²) >= 11 is 0. The second-order valence-corrected chi connectivity index (χ2v) is 5.87. The third kappa shape index (κ3) is 2.30. The summed E-state index contributed by atoms with van der Waals surface area (Å²) in [6.45, 7) is 1.39. The van der Waals surface area contributed by atoms with Crippen molar-refractivity contribution in [2.45, 2.75) is 32.2 Å². The fourth-order valence-corrected chi connectivity index (χ4v) is 2.86. The molecule has 1 amide bonds. The molecule has 1 aliphatic carbocycles. The predicted octanol–water partition coefficient (Wildman–Crippen LogP) is 1.99. The van der Waals surface area contributed by atoms with Crippen molar-refractivity contribution in [2.75, 3.05) is 18.5 Å². The second-order valence-electron chi connectivity index (χ2n) is 5.87.